The van der Waals surface area contributed by atoms with Gasteiger partial charge in [-0.05, 0) is 34.9 Å². The summed E-state index contributed by atoms with van der Waals surface area (Å²) < 4.78 is 0. The molecule has 132 valence electrons. The summed E-state index contributed by atoms with van der Waals surface area (Å²) in [5.41, 5.74) is 6.50. The van der Waals surface area contributed by atoms with E-state index in [1.807, 2.05) is 12.1 Å². The smallest absolute Gasteiger partial charge is 0.307 e. The van der Waals surface area contributed by atoms with Gasteiger partial charge in [-0.1, -0.05) is 52.3 Å². The molecule has 6 heteroatoms. The number of hydrogen-bond acceptors (Lipinski definition) is 4. The van der Waals surface area contributed by atoms with Gasteiger partial charge in [0.25, 0.3) is 0 Å². The standard InChI is InChI=1S/C20H18BrN3O2/c21-16-10-22-24-18(13-6-5-11-3-1-2-4-12(11)7-13)9-17(23-19(16)24)14-8-15(14)20(25)26/h1-7,9,14-16,19,22H,8,10H2,(H,25,26). The second kappa shape index (κ2) is 5.93. The third-order valence-electron chi connectivity index (χ3n) is 5.40. The van der Waals surface area contributed by atoms with Crippen LogP contribution in [0.15, 0.2) is 53.5 Å². The molecule has 5 nitrogen and oxygen atoms in total. The molecule has 2 aliphatic heterocycles. The highest BCUT2D eigenvalue weighted by Gasteiger charge is 2.48. The predicted molar refractivity (Wildman–Crippen MR) is 105 cm³/mol. The molecule has 0 amide bonds. The van der Waals surface area contributed by atoms with Gasteiger partial charge >= 0.3 is 5.97 Å². The average Bonchev–Trinajstić information content (AvgIpc) is 3.39. The number of hydrogen-bond donors (Lipinski definition) is 2. The number of aliphatic imine (C=N–C) groups is 1. The highest BCUT2D eigenvalue weighted by atomic mass is 79.9. The number of nitrogens with one attached hydrogen (secondary N) is 1. The summed E-state index contributed by atoms with van der Waals surface area (Å²) in [6.45, 7) is 0.791. The maximum absolute atomic E-state index is 11.3. The fraction of sp³-hybridized carbons (Fsp3) is 0.300. The van der Waals surface area contributed by atoms with E-state index in [-0.39, 0.29) is 22.8 Å². The maximum Gasteiger partial charge on any atom is 0.307 e. The van der Waals surface area contributed by atoms with Crippen LogP contribution in [0, 0.1) is 11.8 Å². The molecule has 1 saturated heterocycles. The molecule has 2 aromatic rings. The highest BCUT2D eigenvalue weighted by Crippen LogP contribution is 2.43. The number of fused-ring (bicyclic) bond motifs is 2. The van der Waals surface area contributed by atoms with E-state index in [9.17, 15) is 9.90 Å². The molecule has 1 aliphatic carbocycles. The Bertz CT molecular complexity index is 970. The van der Waals surface area contributed by atoms with E-state index in [1.54, 1.807) is 0 Å². The van der Waals surface area contributed by atoms with E-state index in [0.29, 0.717) is 6.42 Å². The highest BCUT2D eigenvalue weighted by molar-refractivity contribution is 9.09. The van der Waals surface area contributed by atoms with E-state index >= 15 is 0 Å². The third kappa shape index (κ3) is 2.56. The zero-order chi connectivity index (χ0) is 17.8. The molecule has 0 aromatic heterocycles. The van der Waals surface area contributed by atoms with Crippen molar-refractivity contribution in [3.8, 4) is 0 Å². The van der Waals surface area contributed by atoms with Crippen LogP contribution in [0.2, 0.25) is 0 Å². The molecule has 4 unspecified atom stereocenters. The van der Waals surface area contributed by atoms with E-state index < -0.39 is 5.97 Å². The lowest BCUT2D eigenvalue weighted by Gasteiger charge is -2.31. The van der Waals surface area contributed by atoms with Crippen molar-refractivity contribution in [2.75, 3.05) is 6.54 Å². The van der Waals surface area contributed by atoms with Crippen molar-refractivity contribution in [3.63, 3.8) is 0 Å². The molecule has 0 radical (unpaired) electrons. The summed E-state index contributed by atoms with van der Waals surface area (Å²) >= 11 is 3.71. The van der Waals surface area contributed by atoms with Gasteiger partial charge in [0.2, 0.25) is 0 Å². The van der Waals surface area contributed by atoms with Gasteiger partial charge < -0.3 is 5.11 Å². The summed E-state index contributed by atoms with van der Waals surface area (Å²) in [6.07, 6.45) is 2.70. The quantitative estimate of drug-likeness (QED) is 0.760. The number of allylic oxidation sites excluding steroid dienone is 1. The number of rotatable bonds is 3. The molecule has 3 aliphatic rings. The van der Waals surface area contributed by atoms with Crippen LogP contribution in [0.25, 0.3) is 16.5 Å². The van der Waals surface area contributed by atoms with Crippen molar-refractivity contribution in [2.24, 2.45) is 16.8 Å². The van der Waals surface area contributed by atoms with Crippen LogP contribution in [-0.2, 0) is 4.79 Å². The van der Waals surface area contributed by atoms with Crippen LogP contribution in [0.4, 0.5) is 0 Å². The summed E-state index contributed by atoms with van der Waals surface area (Å²) in [4.78, 5) is 16.3. The molecule has 26 heavy (non-hydrogen) atoms. The zero-order valence-corrected chi connectivity index (χ0v) is 15.6. The molecular formula is C20H18BrN3O2. The minimum atomic E-state index is -0.722. The van der Waals surface area contributed by atoms with Crippen molar-refractivity contribution < 1.29 is 9.90 Å². The number of carboxylic acid groups (broad SMARTS) is 1. The van der Waals surface area contributed by atoms with Gasteiger partial charge in [-0.25, -0.2) is 5.43 Å². The fourth-order valence-electron chi connectivity index (χ4n) is 3.88. The normalized spacial score (nSPS) is 30.0. The predicted octanol–water partition coefficient (Wildman–Crippen LogP) is 3.27. The van der Waals surface area contributed by atoms with Crippen molar-refractivity contribution in [2.45, 2.75) is 17.4 Å². The first kappa shape index (κ1) is 16.0. The molecule has 5 rings (SSSR count). The Morgan fingerprint density at radius 3 is 2.81 bits per heavy atom. The molecule has 0 bridgehead atoms. The molecular weight excluding hydrogens is 394 g/mol. The lowest BCUT2D eigenvalue weighted by molar-refractivity contribution is -0.138. The van der Waals surface area contributed by atoms with Crippen molar-refractivity contribution in [3.05, 3.63) is 54.1 Å². The number of halogens is 1. The minimum Gasteiger partial charge on any atom is -0.481 e. The molecule has 4 atom stereocenters. The second-order valence-electron chi connectivity index (χ2n) is 7.09. The van der Waals surface area contributed by atoms with Gasteiger partial charge in [-0.15, -0.1) is 0 Å². The lowest BCUT2D eigenvalue weighted by atomic mass is 10.0. The number of carboxylic acids is 1. The first-order valence-corrected chi connectivity index (χ1v) is 9.71. The van der Waals surface area contributed by atoms with Crippen LogP contribution in [0.1, 0.15) is 12.0 Å². The largest absolute Gasteiger partial charge is 0.481 e. The number of nitrogens with zero attached hydrogens (tertiary/aromatic N) is 2. The number of aliphatic carboxylic acids is 1. The van der Waals surface area contributed by atoms with E-state index in [0.717, 1.165) is 23.5 Å². The van der Waals surface area contributed by atoms with Gasteiger partial charge in [0, 0.05) is 18.2 Å². The Balaban J connectivity index is 1.57. The van der Waals surface area contributed by atoms with Crippen LogP contribution < -0.4 is 5.43 Å². The molecule has 0 spiro atoms. The number of alkyl halides is 1. The van der Waals surface area contributed by atoms with E-state index in [2.05, 4.69) is 62.8 Å². The number of benzene rings is 2. The van der Waals surface area contributed by atoms with Crippen LogP contribution >= 0.6 is 15.9 Å². The number of carbonyl (C=O) groups is 1. The Kier molecular flexibility index (Phi) is 3.65. The fourth-order valence-corrected chi connectivity index (χ4v) is 4.38. The number of hydrazine groups is 1. The minimum absolute atomic E-state index is 0.0328. The SMILES string of the molecule is O=C(O)C1CC1C1=NC2C(Br)CNN2C(c2ccc3ccccc3c2)=C1. The lowest BCUT2D eigenvalue weighted by Crippen LogP contribution is -2.39. The topological polar surface area (TPSA) is 64.9 Å². The van der Waals surface area contributed by atoms with Crippen molar-refractivity contribution in [1.29, 1.82) is 0 Å². The van der Waals surface area contributed by atoms with Crippen molar-refractivity contribution in [1.82, 2.24) is 10.4 Å². The summed E-state index contributed by atoms with van der Waals surface area (Å²) in [6, 6.07) is 14.7. The summed E-state index contributed by atoms with van der Waals surface area (Å²) in [5.74, 6) is -0.983. The van der Waals surface area contributed by atoms with Crippen LogP contribution in [-0.4, -0.2) is 39.3 Å². The Labute approximate surface area is 159 Å². The maximum atomic E-state index is 11.3. The van der Waals surface area contributed by atoms with E-state index in [1.165, 1.54) is 10.8 Å². The average molecular weight is 412 g/mol. The molecule has 2 fully saturated rings. The summed E-state index contributed by atoms with van der Waals surface area (Å²) in [7, 11) is 0. The van der Waals surface area contributed by atoms with Gasteiger partial charge in [0.1, 0.15) is 6.17 Å². The first-order valence-electron chi connectivity index (χ1n) is 8.80. The van der Waals surface area contributed by atoms with Crippen LogP contribution in [0.3, 0.4) is 0 Å². The monoisotopic (exact) mass is 411 g/mol. The molecule has 2 aromatic carbocycles. The Hall–Kier alpha value is -2.18. The van der Waals surface area contributed by atoms with Crippen molar-refractivity contribution >= 4 is 44.1 Å². The Morgan fingerprint density at radius 2 is 2.04 bits per heavy atom. The van der Waals surface area contributed by atoms with Gasteiger partial charge in [-0.2, -0.15) is 0 Å². The van der Waals surface area contributed by atoms with Gasteiger partial charge in [0.05, 0.1) is 16.4 Å². The van der Waals surface area contributed by atoms with Crippen LogP contribution in [0.5, 0.6) is 0 Å². The Morgan fingerprint density at radius 1 is 1.23 bits per heavy atom. The van der Waals surface area contributed by atoms with Gasteiger partial charge in [0.15, 0.2) is 0 Å². The van der Waals surface area contributed by atoms with Gasteiger partial charge in [-0.3, -0.25) is 14.8 Å². The molecule has 2 heterocycles. The third-order valence-corrected chi connectivity index (χ3v) is 6.20. The zero-order valence-electron chi connectivity index (χ0n) is 14.0. The molecule has 2 N–H and O–H groups in total. The molecule has 1 saturated carbocycles. The van der Waals surface area contributed by atoms with E-state index in [4.69, 9.17) is 4.99 Å². The summed E-state index contributed by atoms with van der Waals surface area (Å²) in [5, 5.41) is 13.8. The first-order chi connectivity index (χ1) is 12.6. The second-order valence-corrected chi connectivity index (χ2v) is 8.27.